The van der Waals surface area contributed by atoms with Crippen LogP contribution in [-0.4, -0.2) is 36.2 Å². The Labute approximate surface area is 161 Å². The molecule has 7 atom stereocenters. The van der Waals surface area contributed by atoms with E-state index in [2.05, 4.69) is 13.8 Å². The van der Waals surface area contributed by atoms with Gasteiger partial charge in [0.15, 0.2) is 0 Å². The van der Waals surface area contributed by atoms with Crippen molar-refractivity contribution in [2.75, 3.05) is 6.61 Å². The minimum atomic E-state index is -0.920. The summed E-state index contributed by atoms with van der Waals surface area (Å²) >= 11 is 0. The highest BCUT2D eigenvalue weighted by Gasteiger charge is 2.62. The summed E-state index contributed by atoms with van der Waals surface area (Å²) in [6, 6.07) is 0. The Morgan fingerprint density at radius 2 is 1.56 bits per heavy atom. The number of carbonyl (C=O) groups is 3. The smallest absolute Gasteiger partial charge is 0.348 e. The van der Waals surface area contributed by atoms with E-state index in [1.165, 1.54) is 0 Å². The quantitative estimate of drug-likeness (QED) is 0.553. The molecule has 0 aromatic rings. The Hall–Kier alpha value is -1.59. The van der Waals surface area contributed by atoms with Crippen molar-refractivity contribution in [2.45, 2.75) is 66.6 Å². The highest BCUT2D eigenvalue weighted by atomic mass is 16.6. The number of esters is 3. The van der Waals surface area contributed by atoms with Gasteiger partial charge in [-0.2, -0.15) is 0 Å². The van der Waals surface area contributed by atoms with E-state index in [0.29, 0.717) is 11.8 Å². The number of rotatable bonds is 3. The molecular formula is C21H32O6. The van der Waals surface area contributed by atoms with Crippen LogP contribution in [0.5, 0.6) is 0 Å². The van der Waals surface area contributed by atoms with Crippen LogP contribution in [0.2, 0.25) is 0 Å². The first kappa shape index (κ1) is 20.2. The summed E-state index contributed by atoms with van der Waals surface area (Å²) in [7, 11) is 0. The molecule has 152 valence electrons. The van der Waals surface area contributed by atoms with Crippen molar-refractivity contribution >= 4 is 17.9 Å². The van der Waals surface area contributed by atoms with Crippen molar-refractivity contribution in [1.82, 2.24) is 0 Å². The second-order valence-electron chi connectivity index (χ2n) is 10.3. The van der Waals surface area contributed by atoms with Gasteiger partial charge in [-0.3, -0.25) is 9.59 Å². The largest absolute Gasteiger partial charge is 0.462 e. The van der Waals surface area contributed by atoms with E-state index in [1.54, 1.807) is 0 Å². The molecule has 0 aromatic heterocycles. The van der Waals surface area contributed by atoms with Gasteiger partial charge < -0.3 is 14.2 Å². The molecule has 1 saturated heterocycles. The molecule has 1 heterocycles. The molecule has 27 heavy (non-hydrogen) atoms. The molecule has 0 amide bonds. The summed E-state index contributed by atoms with van der Waals surface area (Å²) in [6.45, 7) is 13.7. The number of ether oxygens (including phenoxy) is 3. The van der Waals surface area contributed by atoms with Crippen LogP contribution in [-0.2, 0) is 28.6 Å². The van der Waals surface area contributed by atoms with Gasteiger partial charge in [0.25, 0.3) is 0 Å². The predicted molar refractivity (Wildman–Crippen MR) is 97.4 cm³/mol. The lowest BCUT2D eigenvalue weighted by atomic mass is 9.69. The maximum atomic E-state index is 13.1. The fraction of sp³-hybridized carbons (Fsp3) is 0.857. The number of cyclic esters (lactones) is 1. The first-order valence-electron chi connectivity index (χ1n) is 9.93. The second-order valence-corrected chi connectivity index (χ2v) is 10.3. The SMILES string of the molecule is CC1C(C)C2CC1C(C(=O)OC1C(=O)OCC1(C)C)C2C(=O)OC(C)(C)C. The fourth-order valence-corrected chi connectivity index (χ4v) is 5.15. The number of fused-ring (bicyclic) bond motifs is 2. The summed E-state index contributed by atoms with van der Waals surface area (Å²) in [5.74, 6) is -1.49. The second kappa shape index (κ2) is 6.49. The van der Waals surface area contributed by atoms with Gasteiger partial charge in [-0.05, 0) is 50.9 Å². The summed E-state index contributed by atoms with van der Waals surface area (Å²) in [6.07, 6.45) is -0.0963. The van der Waals surface area contributed by atoms with E-state index >= 15 is 0 Å². The Morgan fingerprint density at radius 3 is 2.00 bits per heavy atom. The molecule has 0 N–H and O–H groups in total. The minimum absolute atomic E-state index is 0.0792. The standard InChI is InChI=1S/C21H32O6/c1-10-11(2)13-8-12(10)14(15(13)18(23)27-20(3,4)5)17(22)26-16-19(24)25-9-21(16,6)7/h10-16H,8-9H2,1-7H3. The van der Waals surface area contributed by atoms with Gasteiger partial charge in [0.05, 0.1) is 11.8 Å². The van der Waals surface area contributed by atoms with Crippen molar-refractivity contribution in [2.24, 2.45) is 40.9 Å². The molecule has 3 fully saturated rings. The van der Waals surface area contributed by atoms with Crippen molar-refractivity contribution in [3.05, 3.63) is 0 Å². The normalized spacial score (nSPS) is 40.0. The van der Waals surface area contributed by atoms with Crippen LogP contribution in [0.3, 0.4) is 0 Å². The monoisotopic (exact) mass is 380 g/mol. The van der Waals surface area contributed by atoms with Gasteiger partial charge in [-0.25, -0.2) is 4.79 Å². The van der Waals surface area contributed by atoms with E-state index in [-0.39, 0.29) is 24.4 Å². The van der Waals surface area contributed by atoms with Crippen LogP contribution in [0.4, 0.5) is 0 Å². The van der Waals surface area contributed by atoms with E-state index in [1.807, 2.05) is 34.6 Å². The van der Waals surface area contributed by atoms with Crippen LogP contribution in [0.15, 0.2) is 0 Å². The fourth-order valence-electron chi connectivity index (χ4n) is 5.15. The number of hydrogen-bond donors (Lipinski definition) is 0. The Bertz CT molecular complexity index is 646. The highest BCUT2D eigenvalue weighted by Crippen LogP contribution is 2.59. The molecule has 0 aromatic carbocycles. The maximum Gasteiger partial charge on any atom is 0.348 e. The van der Waals surface area contributed by atoms with Crippen LogP contribution < -0.4 is 0 Å². The lowest BCUT2D eigenvalue weighted by molar-refractivity contribution is -0.178. The predicted octanol–water partition coefficient (Wildman–Crippen LogP) is 2.98. The highest BCUT2D eigenvalue weighted by molar-refractivity contribution is 5.87. The van der Waals surface area contributed by atoms with E-state index in [9.17, 15) is 14.4 Å². The molecule has 0 radical (unpaired) electrons. The maximum absolute atomic E-state index is 13.1. The van der Waals surface area contributed by atoms with Gasteiger partial charge >= 0.3 is 17.9 Å². The Kier molecular flexibility index (Phi) is 4.84. The zero-order valence-electron chi connectivity index (χ0n) is 17.4. The molecule has 2 saturated carbocycles. The first-order chi connectivity index (χ1) is 12.3. The third-order valence-corrected chi connectivity index (χ3v) is 6.73. The third-order valence-electron chi connectivity index (χ3n) is 6.73. The van der Waals surface area contributed by atoms with Crippen LogP contribution in [0, 0.1) is 40.9 Å². The van der Waals surface area contributed by atoms with E-state index in [0.717, 1.165) is 6.42 Å². The van der Waals surface area contributed by atoms with Gasteiger partial charge in [-0.1, -0.05) is 27.7 Å². The summed E-state index contributed by atoms with van der Waals surface area (Å²) in [5.41, 5.74) is -1.18. The van der Waals surface area contributed by atoms with Crippen molar-refractivity contribution in [3.63, 3.8) is 0 Å². The van der Waals surface area contributed by atoms with Crippen LogP contribution in [0.1, 0.15) is 54.9 Å². The minimum Gasteiger partial charge on any atom is -0.462 e. The lowest BCUT2D eigenvalue weighted by Gasteiger charge is -2.37. The molecule has 7 unspecified atom stereocenters. The zero-order chi connectivity index (χ0) is 20.3. The molecule has 6 nitrogen and oxygen atoms in total. The molecule has 0 spiro atoms. The Morgan fingerprint density at radius 1 is 1.04 bits per heavy atom. The number of carbonyl (C=O) groups excluding carboxylic acids is 3. The molecule has 2 aliphatic carbocycles. The van der Waals surface area contributed by atoms with Gasteiger partial charge in [0.2, 0.25) is 6.10 Å². The first-order valence-corrected chi connectivity index (χ1v) is 9.93. The molecule has 6 heteroatoms. The molecule has 2 bridgehead atoms. The van der Waals surface area contributed by atoms with Gasteiger partial charge in [0, 0.05) is 5.41 Å². The van der Waals surface area contributed by atoms with Gasteiger partial charge in [0.1, 0.15) is 12.2 Å². The topological polar surface area (TPSA) is 78.9 Å². The van der Waals surface area contributed by atoms with Crippen molar-refractivity contribution in [1.29, 1.82) is 0 Å². The van der Waals surface area contributed by atoms with Crippen LogP contribution >= 0.6 is 0 Å². The molecule has 1 aliphatic heterocycles. The molecule has 3 aliphatic rings. The molecule has 3 rings (SSSR count). The lowest BCUT2D eigenvalue weighted by Crippen LogP contribution is -2.46. The summed E-state index contributed by atoms with van der Waals surface area (Å²) in [5, 5.41) is 0. The molecular weight excluding hydrogens is 348 g/mol. The van der Waals surface area contributed by atoms with Gasteiger partial charge in [-0.15, -0.1) is 0 Å². The number of hydrogen-bond acceptors (Lipinski definition) is 6. The van der Waals surface area contributed by atoms with Crippen LogP contribution in [0.25, 0.3) is 0 Å². The Balaban J connectivity index is 1.83. The average molecular weight is 380 g/mol. The summed E-state index contributed by atoms with van der Waals surface area (Å²) < 4.78 is 16.4. The zero-order valence-corrected chi connectivity index (χ0v) is 17.4. The third kappa shape index (κ3) is 3.47. The van der Waals surface area contributed by atoms with Crippen molar-refractivity contribution in [3.8, 4) is 0 Å². The van der Waals surface area contributed by atoms with Crippen molar-refractivity contribution < 1.29 is 28.6 Å². The van der Waals surface area contributed by atoms with E-state index in [4.69, 9.17) is 14.2 Å². The average Bonchev–Trinajstić information content (AvgIpc) is 3.13. The summed E-state index contributed by atoms with van der Waals surface area (Å²) in [4.78, 5) is 38.1. The van der Waals surface area contributed by atoms with E-state index < -0.39 is 40.9 Å².